The standard InChI is InChI=1S/C11H10BrN3O/c1-2-3-10(16)13-11-8-5-4-7(12)6-9(8)14-15-11/h2-6H,1H3,(H2,13,14,15,16)/b3-2+. The molecular weight excluding hydrogens is 270 g/mol. The zero-order valence-corrected chi connectivity index (χ0v) is 10.2. The fraction of sp³-hybridized carbons (Fsp3) is 0.0909. The number of aromatic nitrogens is 2. The summed E-state index contributed by atoms with van der Waals surface area (Å²) in [5.74, 6) is 0.365. The summed E-state index contributed by atoms with van der Waals surface area (Å²) in [7, 11) is 0. The number of halogens is 1. The average Bonchev–Trinajstić information content (AvgIpc) is 2.61. The van der Waals surface area contributed by atoms with E-state index in [1.165, 1.54) is 6.08 Å². The van der Waals surface area contributed by atoms with E-state index in [4.69, 9.17) is 0 Å². The van der Waals surface area contributed by atoms with Crippen molar-refractivity contribution in [2.45, 2.75) is 6.92 Å². The third-order valence-electron chi connectivity index (χ3n) is 2.08. The number of carbonyl (C=O) groups is 1. The number of benzene rings is 1. The molecule has 5 heteroatoms. The Morgan fingerprint density at radius 1 is 1.56 bits per heavy atom. The molecule has 0 spiro atoms. The van der Waals surface area contributed by atoms with Crippen molar-refractivity contribution in [3.05, 3.63) is 34.8 Å². The number of allylic oxidation sites excluding steroid dienone is 1. The topological polar surface area (TPSA) is 57.8 Å². The molecule has 1 heterocycles. The van der Waals surface area contributed by atoms with Crippen LogP contribution in [0.1, 0.15) is 6.92 Å². The normalized spacial score (nSPS) is 11.1. The molecule has 0 radical (unpaired) electrons. The van der Waals surface area contributed by atoms with Gasteiger partial charge in [-0.05, 0) is 31.2 Å². The molecule has 0 saturated heterocycles. The smallest absolute Gasteiger partial charge is 0.249 e. The largest absolute Gasteiger partial charge is 0.305 e. The van der Waals surface area contributed by atoms with E-state index < -0.39 is 0 Å². The summed E-state index contributed by atoms with van der Waals surface area (Å²) in [6.45, 7) is 1.79. The van der Waals surface area contributed by atoms with Crippen molar-refractivity contribution in [3.63, 3.8) is 0 Å². The van der Waals surface area contributed by atoms with Crippen molar-refractivity contribution in [2.24, 2.45) is 0 Å². The Bertz CT molecular complexity index is 559. The highest BCUT2D eigenvalue weighted by Gasteiger charge is 2.07. The van der Waals surface area contributed by atoms with E-state index in [-0.39, 0.29) is 5.91 Å². The second kappa shape index (κ2) is 4.49. The summed E-state index contributed by atoms with van der Waals surface area (Å²) in [5, 5.41) is 10.5. The van der Waals surface area contributed by atoms with Gasteiger partial charge in [0.15, 0.2) is 5.82 Å². The minimum absolute atomic E-state index is 0.182. The molecule has 1 aromatic heterocycles. The Balaban J connectivity index is 2.35. The molecule has 82 valence electrons. The number of nitrogens with one attached hydrogen (secondary N) is 2. The maximum atomic E-state index is 11.4. The monoisotopic (exact) mass is 279 g/mol. The Labute approximate surface area is 101 Å². The van der Waals surface area contributed by atoms with E-state index in [2.05, 4.69) is 31.4 Å². The first kappa shape index (κ1) is 10.9. The molecule has 16 heavy (non-hydrogen) atoms. The fourth-order valence-corrected chi connectivity index (χ4v) is 1.76. The average molecular weight is 280 g/mol. The molecular formula is C11H10BrN3O. The van der Waals surface area contributed by atoms with Crippen LogP contribution in [0.25, 0.3) is 10.9 Å². The van der Waals surface area contributed by atoms with Crippen LogP contribution in [0.4, 0.5) is 5.82 Å². The van der Waals surface area contributed by atoms with Gasteiger partial charge in [-0.15, -0.1) is 0 Å². The van der Waals surface area contributed by atoms with Gasteiger partial charge in [-0.3, -0.25) is 9.89 Å². The van der Waals surface area contributed by atoms with Crippen LogP contribution in [0.15, 0.2) is 34.8 Å². The van der Waals surface area contributed by atoms with Crippen molar-refractivity contribution in [3.8, 4) is 0 Å². The van der Waals surface area contributed by atoms with Crippen LogP contribution in [-0.2, 0) is 4.79 Å². The molecule has 0 aliphatic carbocycles. The fourth-order valence-electron chi connectivity index (χ4n) is 1.40. The van der Waals surface area contributed by atoms with Crippen molar-refractivity contribution in [2.75, 3.05) is 5.32 Å². The SMILES string of the molecule is C/C=C/C(=O)Nc1n[nH]c2cc(Br)ccc12. The van der Waals surface area contributed by atoms with Gasteiger partial charge in [-0.25, -0.2) is 0 Å². The van der Waals surface area contributed by atoms with Crippen LogP contribution in [0.3, 0.4) is 0 Å². The van der Waals surface area contributed by atoms with Gasteiger partial charge in [0.05, 0.1) is 5.52 Å². The lowest BCUT2D eigenvalue weighted by atomic mass is 10.2. The van der Waals surface area contributed by atoms with Gasteiger partial charge in [0, 0.05) is 9.86 Å². The number of hydrogen-bond donors (Lipinski definition) is 2. The van der Waals surface area contributed by atoms with Gasteiger partial charge in [-0.1, -0.05) is 22.0 Å². The maximum Gasteiger partial charge on any atom is 0.249 e. The van der Waals surface area contributed by atoms with Crippen LogP contribution >= 0.6 is 15.9 Å². The molecule has 1 amide bonds. The lowest BCUT2D eigenvalue weighted by molar-refractivity contribution is -0.111. The van der Waals surface area contributed by atoms with Gasteiger partial charge < -0.3 is 5.32 Å². The van der Waals surface area contributed by atoms with E-state index in [1.54, 1.807) is 13.0 Å². The van der Waals surface area contributed by atoms with Crippen LogP contribution < -0.4 is 5.32 Å². The number of carbonyl (C=O) groups excluding carboxylic acids is 1. The van der Waals surface area contributed by atoms with Crippen LogP contribution in [0.5, 0.6) is 0 Å². The van der Waals surface area contributed by atoms with Crippen molar-refractivity contribution >= 4 is 38.6 Å². The highest BCUT2D eigenvalue weighted by Crippen LogP contribution is 2.23. The Morgan fingerprint density at radius 3 is 3.12 bits per heavy atom. The molecule has 0 atom stereocenters. The molecule has 2 rings (SSSR count). The van der Waals surface area contributed by atoms with Gasteiger partial charge in [0.2, 0.25) is 5.91 Å². The predicted molar refractivity (Wildman–Crippen MR) is 67.2 cm³/mol. The number of amides is 1. The lowest BCUT2D eigenvalue weighted by Crippen LogP contribution is -2.08. The zero-order valence-electron chi connectivity index (χ0n) is 8.62. The number of hydrogen-bond acceptors (Lipinski definition) is 2. The first-order valence-electron chi connectivity index (χ1n) is 4.78. The van der Waals surface area contributed by atoms with Gasteiger partial charge >= 0.3 is 0 Å². The minimum atomic E-state index is -0.182. The summed E-state index contributed by atoms with van der Waals surface area (Å²) in [4.78, 5) is 11.4. The molecule has 0 fully saturated rings. The van der Waals surface area contributed by atoms with Gasteiger partial charge in [0.25, 0.3) is 0 Å². The highest BCUT2D eigenvalue weighted by atomic mass is 79.9. The Kier molecular flexibility index (Phi) is 3.05. The van der Waals surface area contributed by atoms with E-state index >= 15 is 0 Å². The first-order valence-corrected chi connectivity index (χ1v) is 5.57. The van der Waals surface area contributed by atoms with Crippen LogP contribution in [0, 0.1) is 0 Å². The first-order chi connectivity index (χ1) is 7.70. The number of fused-ring (bicyclic) bond motifs is 1. The number of anilines is 1. The molecule has 1 aromatic carbocycles. The Morgan fingerprint density at radius 2 is 2.38 bits per heavy atom. The summed E-state index contributed by atoms with van der Waals surface area (Å²) in [5.41, 5.74) is 0.880. The molecule has 4 nitrogen and oxygen atoms in total. The van der Waals surface area contributed by atoms with E-state index in [0.29, 0.717) is 5.82 Å². The molecule has 0 bridgehead atoms. The van der Waals surface area contributed by atoms with Crippen molar-refractivity contribution < 1.29 is 4.79 Å². The Hall–Kier alpha value is -1.62. The van der Waals surface area contributed by atoms with Crippen molar-refractivity contribution in [1.82, 2.24) is 10.2 Å². The quantitative estimate of drug-likeness (QED) is 0.831. The minimum Gasteiger partial charge on any atom is -0.305 e. The number of rotatable bonds is 2. The summed E-state index contributed by atoms with van der Waals surface area (Å²) in [6.07, 6.45) is 3.14. The van der Waals surface area contributed by atoms with E-state index in [9.17, 15) is 4.79 Å². The molecule has 2 aromatic rings. The molecule has 0 unspecified atom stereocenters. The van der Waals surface area contributed by atoms with E-state index in [0.717, 1.165) is 15.4 Å². The molecule has 0 saturated carbocycles. The predicted octanol–water partition coefficient (Wildman–Crippen LogP) is 2.84. The van der Waals surface area contributed by atoms with Crippen molar-refractivity contribution in [1.29, 1.82) is 0 Å². The highest BCUT2D eigenvalue weighted by molar-refractivity contribution is 9.10. The second-order valence-electron chi connectivity index (χ2n) is 3.25. The molecule has 0 aliphatic heterocycles. The zero-order chi connectivity index (χ0) is 11.5. The molecule has 2 N–H and O–H groups in total. The van der Waals surface area contributed by atoms with Gasteiger partial charge in [-0.2, -0.15) is 5.10 Å². The third kappa shape index (κ3) is 2.14. The van der Waals surface area contributed by atoms with Crippen LogP contribution in [-0.4, -0.2) is 16.1 Å². The summed E-state index contributed by atoms with van der Waals surface area (Å²) in [6, 6.07) is 5.71. The van der Waals surface area contributed by atoms with E-state index in [1.807, 2.05) is 18.2 Å². The summed E-state index contributed by atoms with van der Waals surface area (Å²) >= 11 is 3.37. The number of H-pyrrole nitrogens is 1. The number of aromatic amines is 1. The third-order valence-corrected chi connectivity index (χ3v) is 2.58. The van der Waals surface area contributed by atoms with Crippen LogP contribution in [0.2, 0.25) is 0 Å². The number of nitrogens with zero attached hydrogens (tertiary/aromatic N) is 1. The second-order valence-corrected chi connectivity index (χ2v) is 4.17. The van der Waals surface area contributed by atoms with Gasteiger partial charge in [0.1, 0.15) is 0 Å². The summed E-state index contributed by atoms with van der Waals surface area (Å²) < 4.78 is 0.968. The molecule has 0 aliphatic rings. The maximum absolute atomic E-state index is 11.4. The lowest BCUT2D eigenvalue weighted by Gasteiger charge is -1.97.